The summed E-state index contributed by atoms with van der Waals surface area (Å²) in [5, 5.41) is 4.07. The topological polar surface area (TPSA) is 48.0 Å². The molecule has 0 aliphatic rings. The lowest BCUT2D eigenvalue weighted by molar-refractivity contribution is 0.375. The van der Waals surface area contributed by atoms with Gasteiger partial charge in [-0.2, -0.15) is 0 Å². The molecule has 0 amide bonds. The Kier molecular flexibility index (Phi) is 4.25. The Morgan fingerprint density at radius 3 is 2.52 bits per heavy atom. The van der Waals surface area contributed by atoms with Crippen molar-refractivity contribution in [1.29, 1.82) is 0 Å². The molecule has 0 aliphatic carbocycles. The van der Waals surface area contributed by atoms with Crippen molar-refractivity contribution in [2.75, 3.05) is 0 Å². The van der Waals surface area contributed by atoms with Gasteiger partial charge in [0.2, 0.25) is 0 Å². The van der Waals surface area contributed by atoms with E-state index in [1.54, 1.807) is 12.1 Å². The van der Waals surface area contributed by atoms with Gasteiger partial charge in [-0.05, 0) is 41.5 Å². The molecule has 0 unspecified atom stereocenters. The Labute approximate surface area is 134 Å². The summed E-state index contributed by atoms with van der Waals surface area (Å²) >= 11 is 6.02. The molecule has 2 aromatic carbocycles. The minimum absolute atomic E-state index is 0.0372. The van der Waals surface area contributed by atoms with Crippen LogP contribution in [0.2, 0.25) is 5.02 Å². The van der Waals surface area contributed by atoms with Gasteiger partial charge in [0.05, 0.1) is 6.54 Å². The summed E-state index contributed by atoms with van der Waals surface area (Å²) in [6, 6.07) is 9.74. The van der Waals surface area contributed by atoms with Crippen LogP contribution in [0.25, 0.3) is 0 Å². The molecule has 0 spiro atoms. The fourth-order valence-corrected chi connectivity index (χ4v) is 2.38. The number of benzene rings is 2. The number of halogens is 3. The molecule has 0 saturated carbocycles. The van der Waals surface area contributed by atoms with E-state index in [1.807, 2.05) is 0 Å². The minimum atomic E-state index is -0.664. The van der Waals surface area contributed by atoms with E-state index >= 15 is 0 Å². The predicted molar refractivity (Wildman–Crippen MR) is 80.5 cm³/mol. The smallest absolute Gasteiger partial charge is 0.296 e. The van der Waals surface area contributed by atoms with Gasteiger partial charge in [-0.1, -0.05) is 28.9 Å². The van der Waals surface area contributed by atoms with Crippen molar-refractivity contribution in [2.45, 2.75) is 13.0 Å². The van der Waals surface area contributed by atoms with Gasteiger partial charge in [-0.15, -0.1) is 0 Å². The molecular formula is C16H11ClF2N2O2. The molecule has 0 radical (unpaired) electrons. The maximum Gasteiger partial charge on any atom is 0.441 e. The first-order valence-corrected chi connectivity index (χ1v) is 7.14. The van der Waals surface area contributed by atoms with Crippen molar-refractivity contribution >= 4 is 11.6 Å². The van der Waals surface area contributed by atoms with Crippen LogP contribution in [0.3, 0.4) is 0 Å². The summed E-state index contributed by atoms with van der Waals surface area (Å²) in [6.07, 6.45) is 0.277. The molecule has 0 fully saturated rings. The van der Waals surface area contributed by atoms with E-state index < -0.39 is 11.6 Å². The number of hydrogen-bond acceptors (Lipinski definition) is 3. The number of aromatic nitrogens is 2. The third-order valence-corrected chi connectivity index (χ3v) is 3.74. The Balaban J connectivity index is 1.91. The minimum Gasteiger partial charge on any atom is -0.296 e. The van der Waals surface area contributed by atoms with Gasteiger partial charge in [0.15, 0.2) is 5.82 Å². The van der Waals surface area contributed by atoms with Crippen molar-refractivity contribution in [1.82, 2.24) is 9.72 Å². The molecule has 0 N–H and O–H groups in total. The molecule has 0 bridgehead atoms. The number of rotatable bonds is 4. The summed E-state index contributed by atoms with van der Waals surface area (Å²) in [4.78, 5) is 11.8. The zero-order valence-electron chi connectivity index (χ0n) is 11.8. The molecule has 1 aromatic heterocycles. The van der Waals surface area contributed by atoms with Crippen LogP contribution >= 0.6 is 11.6 Å². The lowest BCUT2D eigenvalue weighted by Crippen LogP contribution is -2.18. The number of nitrogens with zero attached hydrogens (tertiary/aromatic N) is 2. The fraction of sp³-hybridized carbons (Fsp3) is 0.125. The molecule has 118 valence electrons. The second kappa shape index (κ2) is 6.34. The van der Waals surface area contributed by atoms with Crippen LogP contribution < -0.4 is 5.76 Å². The summed E-state index contributed by atoms with van der Waals surface area (Å²) in [7, 11) is 0. The average Bonchev–Trinajstić information content (AvgIpc) is 2.86. The van der Waals surface area contributed by atoms with E-state index in [0.717, 1.165) is 5.56 Å². The van der Waals surface area contributed by atoms with Crippen molar-refractivity contribution in [3.8, 4) is 0 Å². The SMILES string of the molecule is O=c1onc(Cc2ccc(F)cc2)n1Cc1cc(F)ccc1Cl. The highest BCUT2D eigenvalue weighted by atomic mass is 35.5. The van der Waals surface area contributed by atoms with Gasteiger partial charge in [0, 0.05) is 11.4 Å². The first-order valence-electron chi connectivity index (χ1n) is 6.76. The zero-order chi connectivity index (χ0) is 16.4. The lowest BCUT2D eigenvalue weighted by atomic mass is 10.1. The van der Waals surface area contributed by atoms with Gasteiger partial charge < -0.3 is 0 Å². The monoisotopic (exact) mass is 336 g/mol. The largest absolute Gasteiger partial charge is 0.441 e. The van der Waals surface area contributed by atoms with E-state index in [9.17, 15) is 13.6 Å². The van der Waals surface area contributed by atoms with E-state index in [-0.39, 0.29) is 18.8 Å². The van der Waals surface area contributed by atoms with Gasteiger partial charge in [-0.3, -0.25) is 9.09 Å². The standard InChI is InChI=1S/C16H11ClF2N2O2/c17-14-6-5-13(19)8-11(14)9-21-15(20-23-16(21)22)7-10-1-3-12(18)4-2-10/h1-6,8H,7,9H2. The second-order valence-corrected chi connectivity index (χ2v) is 5.40. The highest BCUT2D eigenvalue weighted by Gasteiger charge is 2.14. The van der Waals surface area contributed by atoms with Crippen LogP contribution in [-0.4, -0.2) is 9.72 Å². The van der Waals surface area contributed by atoms with Crippen molar-refractivity contribution < 1.29 is 13.3 Å². The fourth-order valence-electron chi connectivity index (χ4n) is 2.20. The normalized spacial score (nSPS) is 10.9. The molecular weight excluding hydrogens is 326 g/mol. The summed E-state index contributed by atoms with van der Waals surface area (Å²) in [6.45, 7) is 0.0372. The number of hydrogen-bond donors (Lipinski definition) is 0. The predicted octanol–water partition coefficient (Wildman–Crippen LogP) is 3.41. The van der Waals surface area contributed by atoms with Crippen LogP contribution in [0.1, 0.15) is 17.0 Å². The third-order valence-electron chi connectivity index (χ3n) is 3.37. The Bertz CT molecular complexity index is 888. The average molecular weight is 337 g/mol. The molecule has 7 heteroatoms. The highest BCUT2D eigenvalue weighted by Crippen LogP contribution is 2.18. The summed E-state index contributed by atoms with van der Waals surface area (Å²) in [5.41, 5.74) is 1.20. The van der Waals surface area contributed by atoms with Crippen LogP contribution in [0.5, 0.6) is 0 Å². The maximum atomic E-state index is 13.3. The van der Waals surface area contributed by atoms with E-state index in [1.165, 1.54) is 34.9 Å². The molecule has 3 rings (SSSR count). The third kappa shape index (κ3) is 3.48. The summed E-state index contributed by atoms with van der Waals surface area (Å²) in [5.74, 6) is -1.11. The summed E-state index contributed by atoms with van der Waals surface area (Å²) < 4.78 is 32.2. The molecule has 23 heavy (non-hydrogen) atoms. The second-order valence-electron chi connectivity index (χ2n) is 4.99. The first kappa shape index (κ1) is 15.4. The lowest BCUT2D eigenvalue weighted by Gasteiger charge is -2.07. The van der Waals surface area contributed by atoms with Gasteiger partial charge in [0.1, 0.15) is 11.6 Å². The van der Waals surface area contributed by atoms with E-state index in [0.29, 0.717) is 16.4 Å². The maximum absolute atomic E-state index is 13.3. The van der Waals surface area contributed by atoms with Crippen LogP contribution in [-0.2, 0) is 13.0 Å². The van der Waals surface area contributed by atoms with Crippen LogP contribution in [0.4, 0.5) is 8.78 Å². The highest BCUT2D eigenvalue weighted by molar-refractivity contribution is 6.31. The van der Waals surface area contributed by atoms with Crippen molar-refractivity contribution in [2.24, 2.45) is 0 Å². The first-order chi connectivity index (χ1) is 11.0. The Morgan fingerprint density at radius 1 is 1.09 bits per heavy atom. The Hall–Kier alpha value is -2.47. The van der Waals surface area contributed by atoms with Crippen molar-refractivity contribution in [3.05, 3.63) is 86.6 Å². The van der Waals surface area contributed by atoms with E-state index in [4.69, 9.17) is 11.6 Å². The molecule has 4 nitrogen and oxygen atoms in total. The van der Waals surface area contributed by atoms with Crippen LogP contribution in [0, 0.1) is 11.6 Å². The quantitative estimate of drug-likeness (QED) is 0.733. The molecule has 1 heterocycles. The zero-order valence-corrected chi connectivity index (χ0v) is 12.6. The van der Waals surface area contributed by atoms with Gasteiger partial charge in [0.25, 0.3) is 0 Å². The Morgan fingerprint density at radius 2 is 1.78 bits per heavy atom. The molecule has 0 atom stereocenters. The van der Waals surface area contributed by atoms with Crippen molar-refractivity contribution in [3.63, 3.8) is 0 Å². The van der Waals surface area contributed by atoms with E-state index in [2.05, 4.69) is 9.68 Å². The molecule has 0 aliphatic heterocycles. The van der Waals surface area contributed by atoms with Gasteiger partial charge in [-0.25, -0.2) is 13.6 Å². The molecule has 3 aromatic rings. The van der Waals surface area contributed by atoms with Gasteiger partial charge >= 0.3 is 5.76 Å². The van der Waals surface area contributed by atoms with Crippen LogP contribution in [0.15, 0.2) is 51.8 Å². The molecule has 0 saturated heterocycles.